The van der Waals surface area contributed by atoms with E-state index >= 15 is 0 Å². The molecular weight excluding hydrogens is 548 g/mol. The molecule has 6 heteroatoms. The number of carbonyl (C=O) groups excluding carboxylic acids is 2. The lowest BCUT2D eigenvalue weighted by molar-refractivity contribution is -0.154. The van der Waals surface area contributed by atoms with Gasteiger partial charge in [0.1, 0.15) is 0 Å². The van der Waals surface area contributed by atoms with Gasteiger partial charge in [-0.2, -0.15) is 0 Å². The zero-order chi connectivity index (χ0) is 31.8. The summed E-state index contributed by atoms with van der Waals surface area (Å²) in [6.45, 7) is 15.6. The Morgan fingerprint density at radius 3 is 1.09 bits per heavy atom. The van der Waals surface area contributed by atoms with Gasteiger partial charge in [-0.3, -0.25) is 9.59 Å². The van der Waals surface area contributed by atoms with E-state index in [9.17, 15) is 9.59 Å². The van der Waals surface area contributed by atoms with Crippen LogP contribution < -0.4 is 0 Å². The first-order valence-corrected chi connectivity index (χ1v) is 17.4. The Bertz CT molecular complexity index is 903. The minimum atomic E-state index is -0.784. The fraction of sp³-hybridized carbons (Fsp3) is 0.632. The molecule has 0 amide bonds. The molecule has 44 heavy (non-hydrogen) atoms. The van der Waals surface area contributed by atoms with Crippen LogP contribution in [0.3, 0.4) is 0 Å². The molecule has 0 spiro atoms. The van der Waals surface area contributed by atoms with Crippen molar-refractivity contribution >= 4 is 11.9 Å². The van der Waals surface area contributed by atoms with E-state index in [1.807, 2.05) is 60.7 Å². The van der Waals surface area contributed by atoms with Crippen molar-refractivity contribution in [3.8, 4) is 0 Å². The second kappa shape index (κ2) is 23.7. The number of benzene rings is 2. The first-order chi connectivity index (χ1) is 21.5. The largest absolute Gasteiger partial charge is 0.465 e. The molecule has 2 unspecified atom stereocenters. The van der Waals surface area contributed by atoms with Gasteiger partial charge in [-0.25, -0.2) is 0 Å². The van der Waals surface area contributed by atoms with E-state index in [0.717, 1.165) is 63.2 Å². The van der Waals surface area contributed by atoms with Crippen LogP contribution in [0.25, 0.3) is 0 Å². The Balaban J connectivity index is 2.14. The van der Waals surface area contributed by atoms with Crippen LogP contribution in [0.2, 0.25) is 0 Å². The molecule has 0 bridgehead atoms. The van der Waals surface area contributed by atoms with E-state index in [2.05, 4.69) is 37.5 Å². The topological polar surface area (TPSA) is 59.1 Å². The summed E-state index contributed by atoms with van der Waals surface area (Å²) in [6, 6.07) is 19.1. The quantitative estimate of drug-likeness (QED) is 0.0836. The molecule has 0 radical (unpaired) electrons. The normalized spacial score (nSPS) is 12.8. The van der Waals surface area contributed by atoms with Gasteiger partial charge >= 0.3 is 11.9 Å². The van der Waals surface area contributed by atoms with Crippen molar-refractivity contribution in [1.82, 2.24) is 9.80 Å². The lowest BCUT2D eigenvalue weighted by Gasteiger charge is -2.26. The molecule has 246 valence electrons. The Hall–Kier alpha value is -2.70. The molecule has 2 aromatic rings. The average molecular weight is 609 g/mol. The summed E-state index contributed by atoms with van der Waals surface area (Å²) in [5, 5.41) is 0. The fourth-order valence-electron chi connectivity index (χ4n) is 5.55. The van der Waals surface area contributed by atoms with Crippen molar-refractivity contribution in [1.29, 1.82) is 0 Å². The van der Waals surface area contributed by atoms with Gasteiger partial charge in [-0.05, 0) is 75.8 Å². The zero-order valence-corrected chi connectivity index (χ0v) is 28.2. The molecule has 2 rings (SSSR count). The Morgan fingerprint density at radius 1 is 0.500 bits per heavy atom. The van der Waals surface area contributed by atoms with E-state index in [4.69, 9.17) is 9.47 Å². The molecular formula is C38H60N2O4. The third kappa shape index (κ3) is 14.4. The number of esters is 2. The van der Waals surface area contributed by atoms with Gasteiger partial charge < -0.3 is 19.3 Å². The second-order valence-corrected chi connectivity index (χ2v) is 11.9. The Kier molecular flexibility index (Phi) is 20.2. The molecule has 0 saturated heterocycles. The lowest BCUT2D eigenvalue weighted by Crippen LogP contribution is -2.32. The van der Waals surface area contributed by atoms with Crippen LogP contribution in [0.5, 0.6) is 0 Å². The van der Waals surface area contributed by atoms with E-state index in [-0.39, 0.29) is 11.9 Å². The summed E-state index contributed by atoms with van der Waals surface area (Å²) in [5.74, 6) is -2.32. The maximum Gasteiger partial charge on any atom is 0.314 e. The monoisotopic (exact) mass is 608 g/mol. The first kappa shape index (κ1) is 37.5. The van der Waals surface area contributed by atoms with Crippen molar-refractivity contribution in [2.24, 2.45) is 0 Å². The van der Waals surface area contributed by atoms with Gasteiger partial charge in [-0.1, -0.05) is 114 Å². The summed E-state index contributed by atoms with van der Waals surface area (Å²) < 4.78 is 11.8. The highest BCUT2D eigenvalue weighted by Gasteiger charge is 2.38. The predicted molar refractivity (Wildman–Crippen MR) is 182 cm³/mol. The van der Waals surface area contributed by atoms with Crippen molar-refractivity contribution in [3.63, 3.8) is 0 Å². The summed E-state index contributed by atoms with van der Waals surface area (Å²) in [5.41, 5.74) is 1.53. The highest BCUT2D eigenvalue weighted by molar-refractivity contribution is 5.90. The number of hydrogen-bond acceptors (Lipinski definition) is 6. The molecule has 0 heterocycles. The molecule has 0 fully saturated rings. The number of nitrogens with zero attached hydrogens (tertiary/aromatic N) is 2. The molecule has 2 aromatic carbocycles. The predicted octanol–water partition coefficient (Wildman–Crippen LogP) is 8.23. The van der Waals surface area contributed by atoms with Crippen LogP contribution in [0.1, 0.15) is 115 Å². The zero-order valence-electron chi connectivity index (χ0n) is 28.2. The maximum absolute atomic E-state index is 13.8. The second-order valence-electron chi connectivity index (χ2n) is 11.9. The van der Waals surface area contributed by atoms with Crippen molar-refractivity contribution in [2.45, 2.75) is 104 Å². The van der Waals surface area contributed by atoms with Crippen LogP contribution >= 0.6 is 0 Å². The maximum atomic E-state index is 13.8. The Morgan fingerprint density at radius 2 is 0.795 bits per heavy atom. The van der Waals surface area contributed by atoms with E-state index in [1.54, 1.807) is 0 Å². The molecule has 6 nitrogen and oxygen atoms in total. The van der Waals surface area contributed by atoms with Crippen LogP contribution in [0.4, 0.5) is 0 Å². The molecule has 0 aliphatic heterocycles. The lowest BCUT2D eigenvalue weighted by atomic mass is 9.81. The minimum Gasteiger partial charge on any atom is -0.465 e. The smallest absolute Gasteiger partial charge is 0.314 e. The Labute approximate surface area is 268 Å². The fourth-order valence-corrected chi connectivity index (χ4v) is 5.55. The highest BCUT2D eigenvalue weighted by Crippen LogP contribution is 2.35. The van der Waals surface area contributed by atoms with Gasteiger partial charge in [0.25, 0.3) is 0 Å². The van der Waals surface area contributed by atoms with Crippen molar-refractivity contribution in [2.75, 3.05) is 52.5 Å². The number of unbranched alkanes of at least 4 members (excludes halogenated alkanes) is 4. The summed E-state index contributed by atoms with van der Waals surface area (Å²) in [6.07, 6.45) is 10.9. The average Bonchev–Trinajstić information content (AvgIpc) is 3.06. The van der Waals surface area contributed by atoms with E-state index in [0.29, 0.717) is 13.2 Å². The van der Waals surface area contributed by atoms with Crippen molar-refractivity contribution < 1.29 is 19.1 Å². The van der Waals surface area contributed by atoms with Crippen molar-refractivity contribution in [3.05, 3.63) is 71.8 Å². The molecule has 0 aliphatic rings. The van der Waals surface area contributed by atoms with E-state index in [1.165, 1.54) is 51.4 Å². The van der Waals surface area contributed by atoms with Gasteiger partial charge in [0.2, 0.25) is 0 Å². The number of rotatable bonds is 25. The number of carbonyl (C=O) groups is 2. The molecule has 0 saturated carbocycles. The molecule has 0 N–H and O–H groups in total. The van der Waals surface area contributed by atoms with Gasteiger partial charge in [0.05, 0.1) is 25.0 Å². The molecule has 0 aromatic heterocycles. The van der Waals surface area contributed by atoms with Crippen LogP contribution in [-0.2, 0) is 19.1 Å². The molecule has 2 atom stereocenters. The van der Waals surface area contributed by atoms with Gasteiger partial charge in [0, 0.05) is 13.1 Å². The third-order valence-corrected chi connectivity index (χ3v) is 8.20. The first-order valence-electron chi connectivity index (χ1n) is 17.4. The summed E-state index contributed by atoms with van der Waals surface area (Å²) in [4.78, 5) is 32.6. The van der Waals surface area contributed by atoms with Gasteiger partial charge in [-0.15, -0.1) is 0 Å². The number of ether oxygens (including phenoxy) is 2. The standard InChI is InChI=1S/C38H60N2O4/c1-5-9-25-39(26-10-6-2)29-19-31-43-37(41)35(33-21-15-13-16-22-33)36(34-23-17-14-18-24-34)38(42)44-32-20-30-40(27-11-7-3)28-12-8-4/h13-18,21-24,35-36H,5-12,19-20,25-32H2,1-4H3. The SMILES string of the molecule is CCCCN(CCCC)CCCOC(=O)C(c1ccccc1)C(C(=O)OCCCN(CCCC)CCCC)c1ccccc1. The summed E-state index contributed by atoms with van der Waals surface area (Å²) in [7, 11) is 0. The summed E-state index contributed by atoms with van der Waals surface area (Å²) >= 11 is 0. The third-order valence-electron chi connectivity index (χ3n) is 8.20. The van der Waals surface area contributed by atoms with E-state index < -0.39 is 11.8 Å². The molecule has 0 aliphatic carbocycles. The van der Waals surface area contributed by atoms with Crippen LogP contribution in [0.15, 0.2) is 60.7 Å². The minimum absolute atomic E-state index is 0.332. The van der Waals surface area contributed by atoms with Crippen LogP contribution in [-0.4, -0.2) is 74.2 Å². The van der Waals surface area contributed by atoms with Gasteiger partial charge in [0.15, 0.2) is 0 Å². The highest BCUT2D eigenvalue weighted by atomic mass is 16.5. The number of hydrogen-bond donors (Lipinski definition) is 0. The van der Waals surface area contributed by atoms with Crippen LogP contribution in [0, 0.1) is 0 Å².